The molecule has 188 valence electrons. The molecule has 0 saturated heterocycles. The van der Waals surface area contributed by atoms with Gasteiger partial charge in [-0.3, -0.25) is 9.48 Å². The summed E-state index contributed by atoms with van der Waals surface area (Å²) in [5.74, 6) is -0.697. The van der Waals surface area contributed by atoms with Gasteiger partial charge in [-0.05, 0) is 35.7 Å². The Morgan fingerprint density at radius 1 is 1.05 bits per heavy atom. The van der Waals surface area contributed by atoms with Crippen molar-refractivity contribution in [3.05, 3.63) is 95.6 Å². The van der Waals surface area contributed by atoms with Gasteiger partial charge in [0.1, 0.15) is 11.6 Å². The highest BCUT2D eigenvalue weighted by Gasteiger charge is 2.24. The van der Waals surface area contributed by atoms with Crippen LogP contribution in [0.15, 0.2) is 72.9 Å². The van der Waals surface area contributed by atoms with Crippen molar-refractivity contribution < 1.29 is 14.3 Å². The third kappa shape index (κ3) is 4.51. The highest BCUT2D eigenvalue weighted by Crippen LogP contribution is 2.37. The Morgan fingerprint density at radius 3 is 2.49 bits per heavy atom. The molecule has 1 atom stereocenters. The largest absolute Gasteiger partial charge is 0.386 e. The lowest BCUT2D eigenvalue weighted by Gasteiger charge is -2.12. The standard InChI is InChI=1S/C29H28FN5O2/c1-17(2)27-26(32-29(34(27)3)21-13-12-19(28(31)37)14-23(21)30)20-10-7-11-24-22(20)15-35(33-24)16-25(36)18-8-5-4-6-9-18/h4-15,17,25,36H,16H2,1-3H3,(H2,31,37)/t25-/m0/s1. The zero-order chi connectivity index (χ0) is 26.3. The number of benzene rings is 3. The van der Waals surface area contributed by atoms with Gasteiger partial charge >= 0.3 is 0 Å². The molecule has 3 aromatic carbocycles. The summed E-state index contributed by atoms with van der Waals surface area (Å²) in [6.45, 7) is 4.44. The van der Waals surface area contributed by atoms with Gasteiger partial charge in [-0.25, -0.2) is 9.37 Å². The van der Waals surface area contributed by atoms with Crippen LogP contribution < -0.4 is 5.73 Å². The minimum absolute atomic E-state index is 0.0967. The third-order valence-corrected chi connectivity index (χ3v) is 6.58. The van der Waals surface area contributed by atoms with E-state index in [2.05, 4.69) is 18.9 Å². The topological polar surface area (TPSA) is 99.0 Å². The first-order valence-corrected chi connectivity index (χ1v) is 12.1. The Labute approximate surface area is 214 Å². The lowest BCUT2D eigenvalue weighted by Crippen LogP contribution is -2.11. The second-order valence-corrected chi connectivity index (χ2v) is 9.46. The monoisotopic (exact) mass is 497 g/mol. The second-order valence-electron chi connectivity index (χ2n) is 9.46. The van der Waals surface area contributed by atoms with Gasteiger partial charge in [0, 0.05) is 35.5 Å². The van der Waals surface area contributed by atoms with Crippen molar-refractivity contribution in [3.8, 4) is 22.6 Å². The minimum atomic E-state index is -0.696. The lowest BCUT2D eigenvalue weighted by atomic mass is 10.0. The van der Waals surface area contributed by atoms with Gasteiger partial charge in [-0.15, -0.1) is 0 Å². The van der Waals surface area contributed by atoms with Crippen LogP contribution in [0.1, 0.15) is 47.5 Å². The number of hydrogen-bond donors (Lipinski definition) is 2. The van der Waals surface area contributed by atoms with Gasteiger partial charge in [-0.2, -0.15) is 5.10 Å². The molecular weight excluding hydrogens is 469 g/mol. The van der Waals surface area contributed by atoms with Crippen molar-refractivity contribution in [2.24, 2.45) is 12.8 Å². The summed E-state index contributed by atoms with van der Waals surface area (Å²) in [7, 11) is 1.86. The van der Waals surface area contributed by atoms with E-state index in [0.717, 1.165) is 39.5 Å². The fourth-order valence-electron chi connectivity index (χ4n) is 4.81. The van der Waals surface area contributed by atoms with E-state index >= 15 is 4.39 Å². The van der Waals surface area contributed by atoms with E-state index in [4.69, 9.17) is 10.7 Å². The number of aromatic nitrogens is 4. The molecule has 0 bridgehead atoms. The molecule has 7 nitrogen and oxygen atoms in total. The van der Waals surface area contributed by atoms with Gasteiger partial charge in [0.05, 0.1) is 29.4 Å². The number of imidazole rings is 1. The lowest BCUT2D eigenvalue weighted by molar-refractivity contribution is 0.1000. The quantitative estimate of drug-likeness (QED) is 0.323. The van der Waals surface area contributed by atoms with Crippen LogP contribution in [0.3, 0.4) is 0 Å². The van der Waals surface area contributed by atoms with E-state index in [9.17, 15) is 9.90 Å². The fourth-order valence-corrected chi connectivity index (χ4v) is 4.81. The number of nitrogens with two attached hydrogens (primary N) is 1. The van der Waals surface area contributed by atoms with Gasteiger partial charge in [-0.1, -0.05) is 56.3 Å². The molecule has 2 aromatic heterocycles. The molecular formula is C29H28FN5O2. The highest BCUT2D eigenvalue weighted by molar-refractivity contribution is 5.95. The van der Waals surface area contributed by atoms with Crippen molar-refractivity contribution in [2.75, 3.05) is 0 Å². The molecule has 0 aliphatic heterocycles. The van der Waals surface area contributed by atoms with Crippen LogP contribution in [0.2, 0.25) is 0 Å². The van der Waals surface area contributed by atoms with Gasteiger partial charge in [0.15, 0.2) is 0 Å². The Hall–Kier alpha value is -4.30. The van der Waals surface area contributed by atoms with Gasteiger partial charge in [0.25, 0.3) is 0 Å². The molecule has 37 heavy (non-hydrogen) atoms. The maximum Gasteiger partial charge on any atom is 0.248 e. The smallest absolute Gasteiger partial charge is 0.248 e. The first-order valence-electron chi connectivity index (χ1n) is 12.1. The molecule has 5 aromatic rings. The average Bonchev–Trinajstić information content (AvgIpc) is 3.44. The molecule has 0 fully saturated rings. The van der Waals surface area contributed by atoms with Crippen molar-refractivity contribution in [1.29, 1.82) is 0 Å². The van der Waals surface area contributed by atoms with E-state index in [-0.39, 0.29) is 17.0 Å². The molecule has 0 saturated carbocycles. The molecule has 2 heterocycles. The normalized spacial score (nSPS) is 12.4. The number of carbonyl (C=O) groups excluding carboxylic acids is 1. The third-order valence-electron chi connectivity index (χ3n) is 6.58. The summed E-state index contributed by atoms with van der Waals surface area (Å²) in [6.07, 6.45) is 1.22. The Kier molecular flexibility index (Phi) is 6.35. The molecule has 5 rings (SSSR count). The van der Waals surface area contributed by atoms with E-state index in [1.807, 2.05) is 66.3 Å². The van der Waals surface area contributed by atoms with Gasteiger partial charge < -0.3 is 15.4 Å². The number of carbonyl (C=O) groups is 1. The average molecular weight is 498 g/mol. The number of fused-ring (bicyclic) bond motifs is 1. The number of amides is 1. The minimum Gasteiger partial charge on any atom is -0.386 e. The van der Waals surface area contributed by atoms with Crippen LogP contribution >= 0.6 is 0 Å². The zero-order valence-electron chi connectivity index (χ0n) is 20.9. The molecule has 0 unspecified atom stereocenters. The Balaban J connectivity index is 1.60. The summed E-state index contributed by atoms with van der Waals surface area (Å²) in [5.41, 5.74) is 9.85. The number of halogens is 1. The maximum atomic E-state index is 15.0. The summed E-state index contributed by atoms with van der Waals surface area (Å²) < 4.78 is 18.7. The van der Waals surface area contributed by atoms with Crippen LogP contribution in [0.5, 0.6) is 0 Å². The number of rotatable bonds is 7. The van der Waals surface area contributed by atoms with Crippen LogP contribution in [0.4, 0.5) is 4.39 Å². The molecule has 0 aliphatic carbocycles. The van der Waals surface area contributed by atoms with Crippen molar-refractivity contribution in [1.82, 2.24) is 19.3 Å². The maximum absolute atomic E-state index is 15.0. The van der Waals surface area contributed by atoms with Crippen LogP contribution in [0.25, 0.3) is 33.5 Å². The molecule has 8 heteroatoms. The number of hydrogen-bond acceptors (Lipinski definition) is 4. The summed E-state index contributed by atoms with van der Waals surface area (Å²) in [5, 5.41) is 16.3. The molecule has 0 aliphatic rings. The molecule has 1 amide bonds. The molecule has 3 N–H and O–H groups in total. The van der Waals surface area contributed by atoms with Gasteiger partial charge in [0.2, 0.25) is 5.91 Å². The Bertz CT molecular complexity index is 1600. The molecule has 0 radical (unpaired) electrons. The van der Waals surface area contributed by atoms with Crippen LogP contribution in [-0.2, 0) is 13.6 Å². The molecule has 0 spiro atoms. The van der Waals surface area contributed by atoms with E-state index in [1.165, 1.54) is 12.1 Å². The first-order chi connectivity index (χ1) is 17.7. The van der Waals surface area contributed by atoms with E-state index in [0.29, 0.717) is 12.4 Å². The van der Waals surface area contributed by atoms with Crippen molar-refractivity contribution in [2.45, 2.75) is 32.4 Å². The Morgan fingerprint density at radius 2 is 1.81 bits per heavy atom. The van der Waals surface area contributed by atoms with Crippen molar-refractivity contribution >= 4 is 16.8 Å². The predicted octanol–water partition coefficient (Wildman–Crippen LogP) is 5.20. The zero-order valence-corrected chi connectivity index (χ0v) is 20.9. The highest BCUT2D eigenvalue weighted by atomic mass is 19.1. The summed E-state index contributed by atoms with van der Waals surface area (Å²) in [4.78, 5) is 16.4. The predicted molar refractivity (Wildman–Crippen MR) is 141 cm³/mol. The number of aliphatic hydroxyl groups is 1. The fraction of sp³-hybridized carbons (Fsp3) is 0.207. The van der Waals surface area contributed by atoms with E-state index in [1.54, 1.807) is 4.68 Å². The van der Waals surface area contributed by atoms with Crippen molar-refractivity contribution in [3.63, 3.8) is 0 Å². The second kappa shape index (κ2) is 9.63. The number of nitrogens with zero attached hydrogens (tertiary/aromatic N) is 4. The number of aliphatic hydroxyl groups excluding tert-OH is 1. The van der Waals surface area contributed by atoms with Crippen LogP contribution in [-0.4, -0.2) is 30.3 Å². The van der Waals surface area contributed by atoms with Crippen LogP contribution in [0, 0.1) is 5.82 Å². The summed E-state index contributed by atoms with van der Waals surface area (Å²) >= 11 is 0. The SMILES string of the molecule is CC(C)c1c(-c2cccc3nn(C[C@H](O)c4ccccc4)cc23)nc(-c2ccc(C(N)=O)cc2F)n1C. The number of primary amides is 1. The first kappa shape index (κ1) is 24.4. The summed E-state index contributed by atoms with van der Waals surface area (Å²) in [6, 6.07) is 19.5. The van der Waals surface area contributed by atoms with E-state index < -0.39 is 17.8 Å².